The van der Waals surface area contributed by atoms with E-state index in [2.05, 4.69) is 9.71 Å². The molecular weight excluding hydrogens is 302 g/mol. The molecule has 2 aromatic rings. The molecule has 0 saturated carbocycles. The second kappa shape index (κ2) is 5.82. The number of nitrogens with one attached hydrogen (secondary N) is 1. The third-order valence-electron chi connectivity index (χ3n) is 2.64. The zero-order chi connectivity index (χ0) is 14.8. The van der Waals surface area contributed by atoms with E-state index < -0.39 is 10.0 Å². The van der Waals surface area contributed by atoms with Crippen LogP contribution in [0, 0.1) is 0 Å². The Bertz CT molecular complexity index is 712. The van der Waals surface area contributed by atoms with Crippen molar-refractivity contribution in [2.24, 2.45) is 0 Å². The largest absolute Gasteiger partial charge is 0.444 e. The van der Waals surface area contributed by atoms with Gasteiger partial charge >= 0.3 is 0 Å². The fourth-order valence-electron chi connectivity index (χ4n) is 1.52. The second-order valence-corrected chi connectivity index (χ2v) is 6.26. The van der Waals surface area contributed by atoms with Crippen LogP contribution in [0.15, 0.2) is 33.7 Å². The number of oxazole rings is 1. The minimum absolute atomic E-state index is 0.0230. The fraction of sp³-hybridized carbons (Fsp3) is 0.250. The highest BCUT2D eigenvalue weighted by Crippen LogP contribution is 2.22. The van der Waals surface area contributed by atoms with Crippen molar-refractivity contribution in [1.29, 1.82) is 0 Å². The Morgan fingerprint density at radius 1 is 1.45 bits per heavy atom. The van der Waals surface area contributed by atoms with Crippen LogP contribution in [0.4, 0.5) is 5.69 Å². The summed E-state index contributed by atoms with van der Waals surface area (Å²) in [6.07, 6.45) is 2.28. The molecular formula is C12H14ClN3O3S. The van der Waals surface area contributed by atoms with Gasteiger partial charge in [-0.25, -0.2) is 18.1 Å². The van der Waals surface area contributed by atoms with E-state index in [1.807, 2.05) is 6.92 Å². The molecule has 1 aromatic carbocycles. The molecule has 0 bridgehead atoms. The van der Waals surface area contributed by atoms with Crippen LogP contribution in [0.3, 0.4) is 0 Å². The summed E-state index contributed by atoms with van der Waals surface area (Å²) in [7, 11) is -3.68. The summed E-state index contributed by atoms with van der Waals surface area (Å²) in [6.45, 7) is 1.90. The summed E-state index contributed by atoms with van der Waals surface area (Å²) in [5, 5.41) is 0.309. The first-order chi connectivity index (χ1) is 9.42. The smallest absolute Gasteiger partial charge is 0.241 e. The average Bonchev–Trinajstić information content (AvgIpc) is 2.87. The summed E-state index contributed by atoms with van der Waals surface area (Å²) in [4.78, 5) is 4.02. The predicted octanol–water partition coefficient (Wildman–Crippen LogP) is 1.95. The van der Waals surface area contributed by atoms with Crippen LogP contribution in [0.25, 0.3) is 0 Å². The fourth-order valence-corrected chi connectivity index (χ4v) is 2.65. The van der Waals surface area contributed by atoms with Crippen LogP contribution in [0.1, 0.15) is 18.6 Å². The van der Waals surface area contributed by atoms with Crippen LogP contribution in [0.5, 0.6) is 0 Å². The van der Waals surface area contributed by atoms with Gasteiger partial charge < -0.3 is 10.2 Å². The highest BCUT2D eigenvalue weighted by atomic mass is 35.5. The van der Waals surface area contributed by atoms with Gasteiger partial charge in [0.15, 0.2) is 0 Å². The molecule has 0 radical (unpaired) electrons. The van der Waals surface area contributed by atoms with Crippen molar-refractivity contribution in [3.63, 3.8) is 0 Å². The number of benzene rings is 1. The zero-order valence-corrected chi connectivity index (χ0v) is 12.3. The first kappa shape index (κ1) is 14.8. The minimum Gasteiger partial charge on any atom is -0.444 e. The summed E-state index contributed by atoms with van der Waals surface area (Å²) in [6, 6.07) is 4.12. The van der Waals surface area contributed by atoms with Gasteiger partial charge in [-0.2, -0.15) is 0 Å². The Balaban J connectivity index is 2.12. The number of hydrogen-bond acceptors (Lipinski definition) is 5. The number of aromatic nitrogens is 1. The molecule has 0 saturated heterocycles. The van der Waals surface area contributed by atoms with Crippen molar-refractivity contribution in [2.45, 2.75) is 24.8 Å². The molecule has 0 amide bonds. The third kappa shape index (κ3) is 3.30. The number of anilines is 1. The second-order valence-electron chi connectivity index (χ2n) is 4.08. The Labute approximate surface area is 122 Å². The standard InChI is InChI=1S/C12H14ClN3O3S/c1-2-8-6-15-12(19-8)7-16-20(17,18)9-3-4-10(13)11(14)5-9/h3-6,16H,2,7,14H2,1H3. The maximum Gasteiger partial charge on any atom is 0.241 e. The van der Waals surface area contributed by atoms with E-state index in [0.717, 1.165) is 0 Å². The third-order valence-corrected chi connectivity index (χ3v) is 4.38. The molecule has 0 aliphatic carbocycles. The van der Waals surface area contributed by atoms with Crippen LogP contribution >= 0.6 is 11.6 Å². The molecule has 108 valence electrons. The van der Waals surface area contributed by atoms with Crippen molar-refractivity contribution in [3.05, 3.63) is 41.1 Å². The number of hydrogen-bond donors (Lipinski definition) is 2. The molecule has 6 nitrogen and oxygen atoms in total. The van der Waals surface area contributed by atoms with E-state index in [1.165, 1.54) is 18.2 Å². The molecule has 0 aliphatic heterocycles. The number of rotatable bonds is 5. The number of sulfonamides is 1. The highest BCUT2D eigenvalue weighted by Gasteiger charge is 2.16. The summed E-state index contributed by atoms with van der Waals surface area (Å²) < 4.78 is 31.8. The van der Waals surface area contributed by atoms with E-state index >= 15 is 0 Å². The van der Waals surface area contributed by atoms with Crippen molar-refractivity contribution in [1.82, 2.24) is 9.71 Å². The van der Waals surface area contributed by atoms with Gasteiger partial charge in [-0.05, 0) is 18.2 Å². The molecule has 2 rings (SSSR count). The van der Waals surface area contributed by atoms with Gasteiger partial charge in [0, 0.05) is 6.42 Å². The Morgan fingerprint density at radius 2 is 2.20 bits per heavy atom. The van der Waals surface area contributed by atoms with E-state index in [9.17, 15) is 8.42 Å². The summed E-state index contributed by atoms with van der Waals surface area (Å²) in [5.74, 6) is 1.02. The van der Waals surface area contributed by atoms with Crippen molar-refractivity contribution in [3.8, 4) is 0 Å². The molecule has 3 N–H and O–H groups in total. The van der Waals surface area contributed by atoms with Crippen LogP contribution in [0.2, 0.25) is 5.02 Å². The molecule has 1 aromatic heterocycles. The summed E-state index contributed by atoms with van der Waals surface area (Å²) >= 11 is 5.76. The van der Waals surface area contributed by atoms with Gasteiger partial charge in [0.25, 0.3) is 0 Å². The maximum absolute atomic E-state index is 12.1. The van der Waals surface area contributed by atoms with E-state index in [4.69, 9.17) is 21.8 Å². The molecule has 0 aliphatic rings. The molecule has 1 heterocycles. The molecule has 0 unspecified atom stereocenters. The van der Waals surface area contributed by atoms with Crippen molar-refractivity contribution < 1.29 is 12.8 Å². The lowest BCUT2D eigenvalue weighted by Crippen LogP contribution is -2.23. The Hall–Kier alpha value is -1.57. The quantitative estimate of drug-likeness (QED) is 0.822. The lowest BCUT2D eigenvalue weighted by atomic mass is 10.3. The van der Waals surface area contributed by atoms with E-state index in [-0.39, 0.29) is 17.1 Å². The lowest BCUT2D eigenvalue weighted by molar-refractivity contribution is 0.452. The first-order valence-corrected chi connectivity index (χ1v) is 7.76. The van der Waals surface area contributed by atoms with E-state index in [1.54, 1.807) is 6.20 Å². The zero-order valence-electron chi connectivity index (χ0n) is 10.8. The Morgan fingerprint density at radius 3 is 2.80 bits per heavy atom. The normalized spacial score (nSPS) is 11.7. The molecule has 20 heavy (non-hydrogen) atoms. The van der Waals surface area contributed by atoms with Gasteiger partial charge in [0.2, 0.25) is 15.9 Å². The van der Waals surface area contributed by atoms with Gasteiger partial charge in [0.05, 0.1) is 28.3 Å². The van der Waals surface area contributed by atoms with Gasteiger partial charge in [-0.15, -0.1) is 0 Å². The molecule has 0 spiro atoms. The lowest BCUT2D eigenvalue weighted by Gasteiger charge is -2.06. The summed E-state index contributed by atoms with van der Waals surface area (Å²) in [5.41, 5.74) is 5.80. The first-order valence-electron chi connectivity index (χ1n) is 5.90. The van der Waals surface area contributed by atoms with Gasteiger partial charge in [0.1, 0.15) is 5.76 Å². The number of halogens is 1. The van der Waals surface area contributed by atoms with Crippen LogP contribution in [-0.4, -0.2) is 13.4 Å². The number of nitrogen functional groups attached to an aromatic ring is 1. The van der Waals surface area contributed by atoms with Crippen molar-refractivity contribution in [2.75, 3.05) is 5.73 Å². The molecule has 8 heteroatoms. The van der Waals surface area contributed by atoms with Crippen molar-refractivity contribution >= 4 is 27.3 Å². The van der Waals surface area contributed by atoms with Gasteiger partial charge in [-0.1, -0.05) is 18.5 Å². The van der Waals surface area contributed by atoms with Crippen LogP contribution in [-0.2, 0) is 23.0 Å². The topological polar surface area (TPSA) is 98.2 Å². The average molecular weight is 316 g/mol. The minimum atomic E-state index is -3.68. The number of aryl methyl sites for hydroxylation is 1. The van der Waals surface area contributed by atoms with Crippen LogP contribution < -0.4 is 10.5 Å². The van der Waals surface area contributed by atoms with Gasteiger partial charge in [-0.3, -0.25) is 0 Å². The number of nitrogens with zero attached hydrogens (tertiary/aromatic N) is 1. The molecule has 0 fully saturated rings. The molecule has 0 atom stereocenters. The predicted molar refractivity (Wildman–Crippen MR) is 75.8 cm³/mol. The number of nitrogens with two attached hydrogens (primary N) is 1. The monoisotopic (exact) mass is 315 g/mol. The highest BCUT2D eigenvalue weighted by molar-refractivity contribution is 7.89. The van der Waals surface area contributed by atoms with E-state index in [0.29, 0.717) is 23.1 Å². The SMILES string of the molecule is CCc1cnc(CNS(=O)(=O)c2ccc(Cl)c(N)c2)o1. The Kier molecular flexibility index (Phi) is 4.32. The maximum atomic E-state index is 12.1.